The number of rotatable bonds is 5. The highest BCUT2D eigenvalue weighted by Crippen LogP contribution is 2.22. The van der Waals surface area contributed by atoms with E-state index in [2.05, 4.69) is 12.2 Å². The summed E-state index contributed by atoms with van der Waals surface area (Å²) in [6, 6.07) is 1.77. The van der Waals surface area contributed by atoms with Crippen LogP contribution in [0.2, 0.25) is 0 Å². The Morgan fingerprint density at radius 2 is 2.31 bits per heavy atom. The maximum absolute atomic E-state index is 11.8. The molecular weight excluding hydrogens is 222 g/mol. The molecule has 0 aliphatic heterocycles. The molecule has 4 heteroatoms. The Balaban J connectivity index is 2.72. The van der Waals surface area contributed by atoms with E-state index in [0.717, 1.165) is 17.7 Å². The van der Waals surface area contributed by atoms with Gasteiger partial charge >= 0.3 is 0 Å². The van der Waals surface area contributed by atoms with E-state index < -0.39 is 0 Å². The zero-order valence-electron chi connectivity index (χ0n) is 10.0. The molecule has 0 fully saturated rings. The molecule has 0 radical (unpaired) electrons. The van der Waals surface area contributed by atoms with Crippen molar-refractivity contribution in [1.82, 2.24) is 5.32 Å². The highest BCUT2D eigenvalue weighted by atomic mass is 32.1. The number of nitrogens with one attached hydrogen (secondary N) is 1. The van der Waals surface area contributed by atoms with E-state index in [4.69, 9.17) is 5.11 Å². The van der Waals surface area contributed by atoms with Crippen LogP contribution in [-0.2, 0) is 6.42 Å². The van der Waals surface area contributed by atoms with E-state index in [1.165, 1.54) is 21.8 Å². The molecule has 1 amide bonds. The monoisotopic (exact) mass is 241 g/mol. The molecule has 0 spiro atoms. The Labute approximate surface area is 100 Å². The Morgan fingerprint density at radius 1 is 1.62 bits per heavy atom. The van der Waals surface area contributed by atoms with E-state index in [1.807, 2.05) is 13.0 Å². The van der Waals surface area contributed by atoms with Crippen LogP contribution < -0.4 is 5.32 Å². The largest absolute Gasteiger partial charge is 0.394 e. The van der Waals surface area contributed by atoms with Gasteiger partial charge in [0.15, 0.2) is 0 Å². The number of hydrogen-bond donors (Lipinski definition) is 2. The fourth-order valence-corrected chi connectivity index (χ4v) is 2.46. The number of thiophene rings is 1. The van der Waals surface area contributed by atoms with E-state index in [0.29, 0.717) is 0 Å². The summed E-state index contributed by atoms with van der Waals surface area (Å²) in [4.78, 5) is 13.7. The fourth-order valence-electron chi connectivity index (χ4n) is 1.49. The lowest BCUT2D eigenvalue weighted by atomic mass is 10.1. The third-order valence-corrected chi connectivity index (χ3v) is 3.51. The second-order valence-electron chi connectivity index (χ2n) is 4.00. The van der Waals surface area contributed by atoms with Crippen molar-refractivity contribution in [2.24, 2.45) is 0 Å². The van der Waals surface area contributed by atoms with Gasteiger partial charge in [-0.2, -0.15) is 0 Å². The summed E-state index contributed by atoms with van der Waals surface area (Å²) < 4.78 is 0. The number of aliphatic hydroxyl groups excluding tert-OH is 1. The van der Waals surface area contributed by atoms with Crippen molar-refractivity contribution >= 4 is 17.2 Å². The maximum atomic E-state index is 11.8. The molecule has 1 rings (SSSR count). The van der Waals surface area contributed by atoms with Crippen LogP contribution >= 0.6 is 11.3 Å². The molecule has 1 aromatic heterocycles. The van der Waals surface area contributed by atoms with Crippen LogP contribution in [0.15, 0.2) is 6.07 Å². The zero-order chi connectivity index (χ0) is 12.1. The minimum atomic E-state index is -0.190. The molecule has 0 saturated carbocycles. The molecule has 16 heavy (non-hydrogen) atoms. The smallest absolute Gasteiger partial charge is 0.261 e. The van der Waals surface area contributed by atoms with E-state index in [1.54, 1.807) is 6.92 Å². The molecule has 1 atom stereocenters. The summed E-state index contributed by atoms with van der Waals surface area (Å²) in [5.41, 5.74) is 1.26. The molecule has 0 aromatic carbocycles. The Morgan fingerprint density at radius 3 is 2.88 bits per heavy atom. The van der Waals surface area contributed by atoms with Crippen LogP contribution in [0.5, 0.6) is 0 Å². The second-order valence-corrected chi connectivity index (χ2v) is 5.26. The van der Waals surface area contributed by atoms with Crippen molar-refractivity contribution in [2.45, 2.75) is 39.7 Å². The van der Waals surface area contributed by atoms with Gasteiger partial charge in [-0.05, 0) is 31.9 Å². The summed E-state index contributed by atoms with van der Waals surface area (Å²) in [7, 11) is 0. The lowest BCUT2D eigenvalue weighted by Gasteiger charge is -2.08. The molecule has 90 valence electrons. The Hall–Kier alpha value is -0.870. The van der Waals surface area contributed by atoms with Gasteiger partial charge in [0.1, 0.15) is 0 Å². The Bertz CT molecular complexity index is 360. The van der Waals surface area contributed by atoms with Crippen molar-refractivity contribution in [3.63, 3.8) is 0 Å². The number of hydrogen-bond acceptors (Lipinski definition) is 3. The van der Waals surface area contributed by atoms with E-state index >= 15 is 0 Å². The first-order chi connectivity index (χ1) is 7.58. The van der Waals surface area contributed by atoms with Crippen LogP contribution in [0.25, 0.3) is 0 Å². The van der Waals surface area contributed by atoms with Gasteiger partial charge in [-0.3, -0.25) is 4.79 Å². The van der Waals surface area contributed by atoms with Crippen LogP contribution in [0, 0.1) is 6.92 Å². The van der Waals surface area contributed by atoms with Crippen LogP contribution in [0.3, 0.4) is 0 Å². The molecule has 1 aromatic rings. The predicted octanol–water partition coefficient (Wildman–Crippen LogP) is 2.12. The minimum absolute atomic E-state index is 0.0298. The lowest BCUT2D eigenvalue weighted by Crippen LogP contribution is -2.34. The van der Waals surface area contributed by atoms with Gasteiger partial charge in [0, 0.05) is 10.9 Å². The number of aliphatic hydroxyl groups is 1. The topological polar surface area (TPSA) is 49.3 Å². The van der Waals surface area contributed by atoms with Crippen molar-refractivity contribution in [1.29, 1.82) is 0 Å². The van der Waals surface area contributed by atoms with Gasteiger partial charge in [0.2, 0.25) is 0 Å². The number of carbonyl (C=O) groups is 1. The molecule has 0 aliphatic rings. The average molecular weight is 241 g/mol. The van der Waals surface area contributed by atoms with Gasteiger partial charge in [-0.1, -0.05) is 13.3 Å². The molecule has 1 heterocycles. The molecule has 0 bridgehead atoms. The van der Waals surface area contributed by atoms with Crippen molar-refractivity contribution in [3.05, 3.63) is 21.4 Å². The first-order valence-electron chi connectivity index (χ1n) is 5.59. The second kappa shape index (κ2) is 6.01. The van der Waals surface area contributed by atoms with E-state index in [-0.39, 0.29) is 18.6 Å². The number of carbonyl (C=O) groups excluding carboxylic acids is 1. The molecule has 3 nitrogen and oxygen atoms in total. The predicted molar refractivity (Wildman–Crippen MR) is 67.1 cm³/mol. The first-order valence-corrected chi connectivity index (χ1v) is 6.41. The van der Waals surface area contributed by atoms with Crippen molar-refractivity contribution in [2.75, 3.05) is 6.61 Å². The van der Waals surface area contributed by atoms with Crippen molar-refractivity contribution in [3.8, 4) is 0 Å². The standard InChI is InChI=1S/C12H19NO2S/c1-4-5-10-6-11(16-9(10)3)12(15)13-8(2)7-14/h6,8,14H,4-5,7H2,1-3H3,(H,13,15). The normalized spacial score (nSPS) is 12.5. The van der Waals surface area contributed by atoms with Crippen LogP contribution in [0.1, 0.15) is 40.4 Å². The van der Waals surface area contributed by atoms with Gasteiger partial charge in [0.05, 0.1) is 11.5 Å². The highest BCUT2D eigenvalue weighted by molar-refractivity contribution is 7.14. The third-order valence-electron chi connectivity index (χ3n) is 2.42. The number of aryl methyl sites for hydroxylation is 2. The van der Waals surface area contributed by atoms with Gasteiger partial charge in [-0.15, -0.1) is 11.3 Å². The van der Waals surface area contributed by atoms with Crippen LogP contribution in [0.4, 0.5) is 0 Å². The first kappa shape index (κ1) is 13.2. The Kier molecular flexibility index (Phi) is 4.96. The van der Waals surface area contributed by atoms with E-state index in [9.17, 15) is 4.79 Å². The lowest BCUT2D eigenvalue weighted by molar-refractivity contribution is 0.0926. The van der Waals surface area contributed by atoms with Gasteiger partial charge < -0.3 is 10.4 Å². The molecule has 1 unspecified atom stereocenters. The summed E-state index contributed by atoms with van der Waals surface area (Å²) in [5, 5.41) is 11.6. The molecular formula is C12H19NO2S. The van der Waals surface area contributed by atoms with Crippen molar-refractivity contribution < 1.29 is 9.90 Å². The summed E-state index contributed by atoms with van der Waals surface area (Å²) in [6.07, 6.45) is 2.11. The van der Waals surface area contributed by atoms with Crippen LogP contribution in [-0.4, -0.2) is 23.7 Å². The quantitative estimate of drug-likeness (QED) is 0.829. The average Bonchev–Trinajstić information content (AvgIpc) is 2.61. The van der Waals surface area contributed by atoms with Gasteiger partial charge in [-0.25, -0.2) is 0 Å². The molecule has 0 aliphatic carbocycles. The molecule has 0 saturated heterocycles. The summed E-state index contributed by atoms with van der Waals surface area (Å²) >= 11 is 1.52. The van der Waals surface area contributed by atoms with Gasteiger partial charge in [0.25, 0.3) is 5.91 Å². The molecule has 2 N–H and O–H groups in total. The SMILES string of the molecule is CCCc1cc(C(=O)NC(C)CO)sc1C. The third kappa shape index (κ3) is 3.32. The maximum Gasteiger partial charge on any atom is 0.261 e. The summed E-state index contributed by atoms with van der Waals surface area (Å²) in [5.74, 6) is -0.0861. The fraction of sp³-hybridized carbons (Fsp3) is 0.583. The minimum Gasteiger partial charge on any atom is -0.394 e. The summed E-state index contributed by atoms with van der Waals surface area (Å²) in [6.45, 7) is 5.93. The highest BCUT2D eigenvalue weighted by Gasteiger charge is 2.13. The zero-order valence-corrected chi connectivity index (χ0v) is 10.9. The number of amides is 1.